The molecule has 0 bridgehead atoms. The van der Waals surface area contributed by atoms with Gasteiger partial charge in [-0.25, -0.2) is 5.01 Å². The van der Waals surface area contributed by atoms with E-state index in [-0.39, 0.29) is 23.3 Å². The SMILES string of the molecule is CC[C@@H](N(NC(=O)c1ccc(B2OC(C)(C)C(C)(C)O2)c(-c2cccc(Br)c2Br)c1)C(=O)c1cc(C)cc(C)c1)C(C)(C)C. The average Bonchev–Trinajstić information content (AvgIpc) is 3.14. The van der Waals surface area contributed by atoms with Crippen molar-refractivity contribution in [1.82, 2.24) is 10.4 Å². The Morgan fingerprint density at radius 1 is 0.886 bits per heavy atom. The first kappa shape index (κ1) is 34.4. The molecule has 1 aliphatic heterocycles. The number of nitrogens with zero attached hydrogens (tertiary/aromatic N) is 1. The first-order valence-electron chi connectivity index (χ1n) is 15.0. The third kappa shape index (κ3) is 7.01. The predicted molar refractivity (Wildman–Crippen MR) is 186 cm³/mol. The van der Waals surface area contributed by atoms with Crippen molar-refractivity contribution in [3.05, 3.63) is 85.8 Å². The standard InChI is InChI=1S/C35H43BBr2N2O4/c1-11-29(33(4,5)6)40(32(42)24-18-21(2)17-22(3)19-24)39-31(41)23-15-16-27(36-43-34(7,8)35(9,10)44-36)26(20-23)25-13-12-14-28(37)30(25)38/h12-20,29H,11H2,1-10H3,(H,39,41)/t29-/m1/s1. The number of hydrogen-bond acceptors (Lipinski definition) is 4. The van der Waals surface area contributed by atoms with Crippen LogP contribution in [-0.2, 0) is 9.31 Å². The number of aryl methyl sites for hydroxylation is 2. The quantitative estimate of drug-likeness (QED) is 0.205. The van der Waals surface area contributed by atoms with Gasteiger partial charge in [0.1, 0.15) is 0 Å². The molecule has 1 fully saturated rings. The fourth-order valence-corrected chi connectivity index (χ4v) is 6.53. The summed E-state index contributed by atoms with van der Waals surface area (Å²) in [5, 5.41) is 1.52. The van der Waals surface area contributed by atoms with Gasteiger partial charge in [0.25, 0.3) is 11.8 Å². The maximum atomic E-state index is 14.1. The summed E-state index contributed by atoms with van der Waals surface area (Å²) in [6.07, 6.45) is 0.664. The summed E-state index contributed by atoms with van der Waals surface area (Å²) in [6, 6.07) is 16.9. The molecule has 0 aromatic heterocycles. The van der Waals surface area contributed by atoms with Crippen molar-refractivity contribution >= 4 is 56.3 Å². The summed E-state index contributed by atoms with van der Waals surface area (Å²) >= 11 is 7.36. The van der Waals surface area contributed by atoms with Gasteiger partial charge in [0.05, 0.1) is 17.2 Å². The topological polar surface area (TPSA) is 67.9 Å². The van der Waals surface area contributed by atoms with Gasteiger partial charge in [-0.3, -0.25) is 15.0 Å². The van der Waals surface area contributed by atoms with E-state index in [4.69, 9.17) is 9.31 Å². The molecule has 1 saturated heterocycles. The molecule has 0 radical (unpaired) electrons. The van der Waals surface area contributed by atoms with Crippen molar-refractivity contribution in [2.75, 3.05) is 0 Å². The highest BCUT2D eigenvalue weighted by Gasteiger charge is 2.52. The number of hydrazine groups is 1. The van der Waals surface area contributed by atoms with Gasteiger partial charge in [-0.2, -0.15) is 0 Å². The van der Waals surface area contributed by atoms with Gasteiger partial charge in [0, 0.05) is 20.1 Å². The monoisotopic (exact) mass is 724 g/mol. The molecule has 9 heteroatoms. The minimum Gasteiger partial charge on any atom is -0.399 e. The Bertz CT molecular complexity index is 1550. The number of amides is 2. The molecule has 0 spiro atoms. The maximum absolute atomic E-state index is 14.1. The van der Waals surface area contributed by atoms with Crippen LogP contribution in [-0.4, -0.2) is 41.2 Å². The molecule has 2 amide bonds. The molecule has 0 saturated carbocycles. The Balaban J connectivity index is 1.80. The van der Waals surface area contributed by atoms with Crippen LogP contribution in [0.2, 0.25) is 0 Å². The summed E-state index contributed by atoms with van der Waals surface area (Å²) < 4.78 is 14.6. The van der Waals surface area contributed by atoms with Gasteiger partial charge in [0.2, 0.25) is 0 Å². The van der Waals surface area contributed by atoms with Crippen LogP contribution in [0.3, 0.4) is 0 Å². The van der Waals surface area contributed by atoms with Crippen molar-refractivity contribution < 1.29 is 18.9 Å². The molecule has 3 aromatic rings. The van der Waals surface area contributed by atoms with Crippen molar-refractivity contribution in [2.24, 2.45) is 5.41 Å². The minimum atomic E-state index is -0.633. The summed E-state index contributed by atoms with van der Waals surface area (Å²) in [4.78, 5) is 28.1. The molecule has 1 N–H and O–H groups in total. The summed E-state index contributed by atoms with van der Waals surface area (Å²) in [6.45, 7) is 20.3. The van der Waals surface area contributed by atoms with E-state index in [0.717, 1.165) is 36.7 Å². The number of halogens is 2. The van der Waals surface area contributed by atoms with Gasteiger partial charge < -0.3 is 9.31 Å². The smallest absolute Gasteiger partial charge is 0.399 e. The van der Waals surface area contributed by atoms with E-state index in [1.165, 1.54) is 5.01 Å². The van der Waals surface area contributed by atoms with Crippen molar-refractivity contribution in [3.8, 4) is 11.1 Å². The van der Waals surface area contributed by atoms with Gasteiger partial charge in [-0.1, -0.05) is 63.1 Å². The zero-order valence-corrected chi connectivity index (χ0v) is 30.6. The first-order valence-corrected chi connectivity index (χ1v) is 16.6. The van der Waals surface area contributed by atoms with Crippen LogP contribution in [0.25, 0.3) is 11.1 Å². The van der Waals surface area contributed by atoms with E-state index < -0.39 is 18.3 Å². The number of benzene rings is 3. The highest BCUT2D eigenvalue weighted by atomic mass is 79.9. The lowest BCUT2D eigenvalue weighted by atomic mass is 9.74. The van der Waals surface area contributed by atoms with Crippen LogP contribution in [0, 0.1) is 19.3 Å². The lowest BCUT2D eigenvalue weighted by Gasteiger charge is -2.39. The van der Waals surface area contributed by atoms with Gasteiger partial charge >= 0.3 is 7.12 Å². The molecule has 4 rings (SSSR count). The normalized spacial score (nSPS) is 16.5. The van der Waals surface area contributed by atoms with Crippen LogP contribution < -0.4 is 10.9 Å². The van der Waals surface area contributed by atoms with Gasteiger partial charge in [0.15, 0.2) is 0 Å². The number of carbonyl (C=O) groups excluding carboxylic acids is 2. The molecule has 234 valence electrons. The second-order valence-corrected chi connectivity index (χ2v) is 15.4. The molecular formula is C35H43BBr2N2O4. The van der Waals surface area contributed by atoms with E-state index in [0.29, 0.717) is 17.5 Å². The van der Waals surface area contributed by atoms with E-state index >= 15 is 0 Å². The predicted octanol–water partition coefficient (Wildman–Crippen LogP) is 8.41. The van der Waals surface area contributed by atoms with E-state index in [1.54, 1.807) is 6.07 Å². The first-order chi connectivity index (χ1) is 20.4. The molecule has 3 aromatic carbocycles. The molecule has 0 unspecified atom stereocenters. The van der Waals surface area contributed by atoms with E-state index in [9.17, 15) is 9.59 Å². The molecule has 0 aliphatic carbocycles. The number of carbonyl (C=O) groups is 2. The van der Waals surface area contributed by atoms with Crippen molar-refractivity contribution in [2.45, 2.75) is 92.9 Å². The van der Waals surface area contributed by atoms with Crippen LogP contribution in [0.15, 0.2) is 63.5 Å². The van der Waals surface area contributed by atoms with Crippen LogP contribution in [0.1, 0.15) is 93.7 Å². The number of nitrogens with one attached hydrogen (secondary N) is 1. The summed E-state index contributed by atoms with van der Waals surface area (Å²) in [5.74, 6) is -0.617. The summed E-state index contributed by atoms with van der Waals surface area (Å²) in [7, 11) is -0.633. The second kappa shape index (κ2) is 12.7. The fraction of sp³-hybridized carbons (Fsp3) is 0.429. The highest BCUT2D eigenvalue weighted by molar-refractivity contribution is 9.13. The molecule has 1 aliphatic rings. The van der Waals surface area contributed by atoms with E-state index in [1.807, 2.05) is 97.0 Å². The minimum absolute atomic E-state index is 0.240. The lowest BCUT2D eigenvalue weighted by molar-refractivity contribution is 0.00578. The molecule has 44 heavy (non-hydrogen) atoms. The Morgan fingerprint density at radius 2 is 1.48 bits per heavy atom. The van der Waals surface area contributed by atoms with Crippen LogP contribution in [0.4, 0.5) is 0 Å². The van der Waals surface area contributed by atoms with Crippen LogP contribution in [0.5, 0.6) is 0 Å². The highest BCUT2D eigenvalue weighted by Crippen LogP contribution is 2.39. The van der Waals surface area contributed by atoms with Crippen molar-refractivity contribution in [3.63, 3.8) is 0 Å². The molecule has 6 nitrogen and oxygen atoms in total. The fourth-order valence-electron chi connectivity index (χ4n) is 5.68. The Hall–Kier alpha value is -2.46. The van der Waals surface area contributed by atoms with Crippen LogP contribution >= 0.6 is 31.9 Å². The number of hydrogen-bond donors (Lipinski definition) is 1. The largest absolute Gasteiger partial charge is 0.495 e. The molecular weight excluding hydrogens is 683 g/mol. The van der Waals surface area contributed by atoms with E-state index in [2.05, 4.69) is 58.1 Å². The Kier molecular flexibility index (Phi) is 9.97. The lowest BCUT2D eigenvalue weighted by Crippen LogP contribution is -2.56. The average molecular weight is 726 g/mol. The number of rotatable bonds is 6. The van der Waals surface area contributed by atoms with Gasteiger partial charge in [-0.15, -0.1) is 0 Å². The third-order valence-corrected chi connectivity index (χ3v) is 10.7. The summed E-state index contributed by atoms with van der Waals surface area (Å²) in [5.41, 5.74) is 7.07. The zero-order valence-electron chi connectivity index (χ0n) is 27.4. The maximum Gasteiger partial charge on any atom is 0.495 e. The van der Waals surface area contributed by atoms with Crippen molar-refractivity contribution in [1.29, 1.82) is 0 Å². The Labute approximate surface area is 279 Å². The Morgan fingerprint density at radius 3 is 2.02 bits per heavy atom. The van der Waals surface area contributed by atoms with Gasteiger partial charge in [-0.05, 0) is 132 Å². The molecule has 1 atom stereocenters. The third-order valence-electron chi connectivity index (χ3n) is 8.67. The molecule has 1 heterocycles. The zero-order chi connectivity index (χ0) is 32.8. The second-order valence-electron chi connectivity index (χ2n) is 13.8.